The Hall–Kier alpha value is -0.610. The van der Waals surface area contributed by atoms with Gasteiger partial charge in [0.15, 0.2) is 0 Å². The molecule has 4 heteroatoms. The number of hydrazine groups is 1. The maximum atomic E-state index is 11.3. The molecule has 0 spiro atoms. The van der Waals surface area contributed by atoms with E-state index in [0.29, 0.717) is 6.61 Å². The smallest absolute Gasteiger partial charge is 0.263 e. The first-order valence-corrected chi connectivity index (χ1v) is 5.25. The Bertz CT molecular complexity index is 160. The van der Waals surface area contributed by atoms with Crippen molar-refractivity contribution in [1.82, 2.24) is 5.43 Å². The van der Waals surface area contributed by atoms with Crippen LogP contribution in [-0.4, -0.2) is 18.6 Å². The van der Waals surface area contributed by atoms with Crippen LogP contribution in [0.15, 0.2) is 0 Å². The van der Waals surface area contributed by atoms with Crippen molar-refractivity contribution in [2.75, 3.05) is 6.61 Å². The van der Waals surface area contributed by atoms with E-state index in [-0.39, 0.29) is 11.8 Å². The molecule has 0 aromatic heterocycles. The standard InChI is InChI=1S/C10H22N2O2/c1-4-5-6-7-14-9(8(2)3)10(13)12-11/h8-9H,4-7,11H2,1-3H3,(H,12,13). The third-order valence-electron chi connectivity index (χ3n) is 2.05. The van der Waals surface area contributed by atoms with Gasteiger partial charge in [0.1, 0.15) is 6.10 Å². The van der Waals surface area contributed by atoms with Crippen molar-refractivity contribution in [1.29, 1.82) is 0 Å². The molecule has 0 rings (SSSR count). The van der Waals surface area contributed by atoms with Crippen LogP contribution in [0.25, 0.3) is 0 Å². The van der Waals surface area contributed by atoms with Gasteiger partial charge in [-0.25, -0.2) is 5.84 Å². The second-order valence-corrected chi connectivity index (χ2v) is 3.75. The quantitative estimate of drug-likeness (QED) is 0.282. The van der Waals surface area contributed by atoms with Gasteiger partial charge in [-0.05, 0) is 12.3 Å². The Morgan fingerprint density at radius 3 is 2.50 bits per heavy atom. The minimum Gasteiger partial charge on any atom is -0.368 e. The van der Waals surface area contributed by atoms with Gasteiger partial charge in [0.25, 0.3) is 5.91 Å². The summed E-state index contributed by atoms with van der Waals surface area (Å²) in [7, 11) is 0. The average molecular weight is 202 g/mol. The minimum absolute atomic E-state index is 0.153. The Kier molecular flexibility index (Phi) is 7.42. The highest BCUT2D eigenvalue weighted by Gasteiger charge is 2.21. The monoisotopic (exact) mass is 202 g/mol. The third kappa shape index (κ3) is 5.19. The van der Waals surface area contributed by atoms with Gasteiger partial charge in [0.2, 0.25) is 0 Å². The highest BCUT2D eigenvalue weighted by atomic mass is 16.5. The Morgan fingerprint density at radius 2 is 2.07 bits per heavy atom. The summed E-state index contributed by atoms with van der Waals surface area (Å²) in [6.07, 6.45) is 2.86. The van der Waals surface area contributed by atoms with E-state index >= 15 is 0 Å². The minimum atomic E-state index is -0.420. The second-order valence-electron chi connectivity index (χ2n) is 3.75. The van der Waals surface area contributed by atoms with E-state index in [2.05, 4.69) is 12.3 Å². The van der Waals surface area contributed by atoms with Gasteiger partial charge in [-0.1, -0.05) is 33.6 Å². The Balaban J connectivity index is 3.80. The van der Waals surface area contributed by atoms with Crippen LogP contribution < -0.4 is 11.3 Å². The summed E-state index contributed by atoms with van der Waals surface area (Å²) in [4.78, 5) is 11.3. The van der Waals surface area contributed by atoms with Crippen LogP contribution in [-0.2, 0) is 9.53 Å². The van der Waals surface area contributed by atoms with Crippen molar-refractivity contribution in [2.24, 2.45) is 11.8 Å². The molecule has 0 saturated heterocycles. The fraction of sp³-hybridized carbons (Fsp3) is 0.900. The highest BCUT2D eigenvalue weighted by Crippen LogP contribution is 2.07. The molecule has 1 unspecified atom stereocenters. The number of amides is 1. The van der Waals surface area contributed by atoms with Crippen molar-refractivity contribution in [3.63, 3.8) is 0 Å². The first kappa shape index (κ1) is 13.4. The van der Waals surface area contributed by atoms with E-state index in [9.17, 15) is 4.79 Å². The molecule has 1 atom stereocenters. The zero-order valence-electron chi connectivity index (χ0n) is 9.38. The van der Waals surface area contributed by atoms with Crippen LogP contribution in [0.3, 0.4) is 0 Å². The number of unbranched alkanes of at least 4 members (excludes halogenated alkanes) is 2. The Labute approximate surface area is 86.2 Å². The van der Waals surface area contributed by atoms with E-state index in [1.807, 2.05) is 13.8 Å². The lowest BCUT2D eigenvalue weighted by Crippen LogP contribution is -2.43. The summed E-state index contributed by atoms with van der Waals surface area (Å²) in [5, 5.41) is 0. The summed E-state index contributed by atoms with van der Waals surface area (Å²) in [6.45, 7) is 6.65. The molecular weight excluding hydrogens is 180 g/mol. The number of hydrogen-bond donors (Lipinski definition) is 2. The lowest BCUT2D eigenvalue weighted by molar-refractivity contribution is -0.135. The van der Waals surface area contributed by atoms with Gasteiger partial charge in [0.05, 0.1) is 0 Å². The highest BCUT2D eigenvalue weighted by molar-refractivity contribution is 5.80. The molecule has 84 valence electrons. The molecule has 0 aliphatic rings. The summed E-state index contributed by atoms with van der Waals surface area (Å²) >= 11 is 0. The number of carbonyl (C=O) groups excluding carboxylic acids is 1. The van der Waals surface area contributed by atoms with E-state index in [1.54, 1.807) is 0 Å². The molecule has 0 aliphatic heterocycles. The lowest BCUT2D eigenvalue weighted by atomic mass is 10.1. The predicted octanol–water partition coefficient (Wildman–Crippen LogP) is 1.21. The average Bonchev–Trinajstić information content (AvgIpc) is 2.16. The van der Waals surface area contributed by atoms with E-state index in [4.69, 9.17) is 10.6 Å². The molecule has 0 bridgehead atoms. The molecule has 0 aromatic carbocycles. The maximum Gasteiger partial charge on any atom is 0.263 e. The van der Waals surface area contributed by atoms with Crippen molar-refractivity contribution in [3.8, 4) is 0 Å². The summed E-state index contributed by atoms with van der Waals surface area (Å²) in [5.74, 6) is 4.98. The molecule has 0 aromatic rings. The van der Waals surface area contributed by atoms with E-state index < -0.39 is 6.10 Å². The molecule has 1 amide bonds. The molecule has 14 heavy (non-hydrogen) atoms. The summed E-state index contributed by atoms with van der Waals surface area (Å²) in [6, 6.07) is 0. The Morgan fingerprint density at radius 1 is 1.43 bits per heavy atom. The largest absolute Gasteiger partial charge is 0.368 e. The summed E-state index contributed by atoms with van der Waals surface area (Å²) < 4.78 is 5.47. The van der Waals surface area contributed by atoms with Gasteiger partial charge in [-0.2, -0.15) is 0 Å². The topological polar surface area (TPSA) is 64.3 Å². The van der Waals surface area contributed by atoms with E-state index in [1.165, 1.54) is 0 Å². The number of carbonyl (C=O) groups is 1. The molecule has 0 heterocycles. The van der Waals surface area contributed by atoms with Crippen LogP contribution >= 0.6 is 0 Å². The van der Waals surface area contributed by atoms with Crippen LogP contribution in [0, 0.1) is 5.92 Å². The molecule has 4 nitrogen and oxygen atoms in total. The lowest BCUT2D eigenvalue weighted by Gasteiger charge is -2.19. The van der Waals surface area contributed by atoms with Gasteiger partial charge >= 0.3 is 0 Å². The van der Waals surface area contributed by atoms with E-state index in [0.717, 1.165) is 19.3 Å². The van der Waals surface area contributed by atoms with Gasteiger partial charge in [-0.3, -0.25) is 10.2 Å². The van der Waals surface area contributed by atoms with Crippen molar-refractivity contribution >= 4 is 5.91 Å². The SMILES string of the molecule is CCCCCOC(C(=O)NN)C(C)C. The molecule has 3 N–H and O–H groups in total. The number of rotatable bonds is 7. The number of nitrogens with two attached hydrogens (primary N) is 1. The van der Waals surface area contributed by atoms with Crippen LogP contribution in [0.2, 0.25) is 0 Å². The zero-order chi connectivity index (χ0) is 11.0. The van der Waals surface area contributed by atoms with Gasteiger partial charge < -0.3 is 4.74 Å². The van der Waals surface area contributed by atoms with Gasteiger partial charge in [-0.15, -0.1) is 0 Å². The van der Waals surface area contributed by atoms with Crippen molar-refractivity contribution < 1.29 is 9.53 Å². The van der Waals surface area contributed by atoms with Crippen molar-refractivity contribution in [2.45, 2.75) is 46.1 Å². The van der Waals surface area contributed by atoms with Crippen LogP contribution in [0.5, 0.6) is 0 Å². The maximum absolute atomic E-state index is 11.3. The third-order valence-corrected chi connectivity index (χ3v) is 2.05. The number of hydrogen-bond acceptors (Lipinski definition) is 3. The second kappa shape index (κ2) is 7.76. The van der Waals surface area contributed by atoms with Crippen LogP contribution in [0.1, 0.15) is 40.0 Å². The zero-order valence-corrected chi connectivity index (χ0v) is 9.38. The van der Waals surface area contributed by atoms with Crippen molar-refractivity contribution in [3.05, 3.63) is 0 Å². The molecule has 0 fully saturated rings. The fourth-order valence-electron chi connectivity index (χ4n) is 1.22. The summed E-state index contributed by atoms with van der Waals surface area (Å²) in [5.41, 5.74) is 2.12. The normalized spacial score (nSPS) is 12.9. The predicted molar refractivity (Wildman–Crippen MR) is 56.4 cm³/mol. The first-order valence-electron chi connectivity index (χ1n) is 5.25. The molecule has 0 saturated carbocycles. The van der Waals surface area contributed by atoms with Crippen LogP contribution in [0.4, 0.5) is 0 Å². The number of ether oxygens (including phenoxy) is 1. The number of nitrogens with one attached hydrogen (secondary N) is 1. The molecule has 0 aliphatic carbocycles. The molecule has 0 radical (unpaired) electrons. The first-order chi connectivity index (χ1) is 6.63. The van der Waals surface area contributed by atoms with Gasteiger partial charge in [0, 0.05) is 6.61 Å². The molecular formula is C10H22N2O2. The fourth-order valence-corrected chi connectivity index (χ4v) is 1.22.